The minimum absolute atomic E-state index is 0.180. The van der Waals surface area contributed by atoms with Crippen LogP contribution in [0.4, 0.5) is 0 Å². The molecule has 7 heteroatoms. The van der Waals surface area contributed by atoms with Gasteiger partial charge < -0.3 is 10.3 Å². The smallest absolute Gasteiger partial charge is 0.287 e. The summed E-state index contributed by atoms with van der Waals surface area (Å²) in [5.41, 5.74) is 3.26. The van der Waals surface area contributed by atoms with E-state index in [0.717, 1.165) is 42.5 Å². The van der Waals surface area contributed by atoms with E-state index in [4.69, 9.17) is 34.8 Å². The van der Waals surface area contributed by atoms with Gasteiger partial charge in [0.15, 0.2) is 5.82 Å². The van der Waals surface area contributed by atoms with Crippen LogP contribution >= 0.6 is 34.8 Å². The summed E-state index contributed by atoms with van der Waals surface area (Å²) < 4.78 is 0. The summed E-state index contributed by atoms with van der Waals surface area (Å²) in [5, 5.41) is 4.88. The molecule has 4 nitrogen and oxygen atoms in total. The van der Waals surface area contributed by atoms with Crippen LogP contribution in [-0.4, -0.2) is 21.9 Å². The molecule has 1 aromatic heterocycles. The Morgan fingerprint density at radius 3 is 2.32 bits per heavy atom. The van der Waals surface area contributed by atoms with Gasteiger partial charge in [-0.1, -0.05) is 72.6 Å². The van der Waals surface area contributed by atoms with Crippen molar-refractivity contribution < 1.29 is 4.79 Å². The van der Waals surface area contributed by atoms with Crippen LogP contribution < -0.4 is 5.32 Å². The molecule has 0 spiro atoms. The molecule has 0 saturated heterocycles. The normalized spacial score (nSPS) is 14.9. The lowest BCUT2D eigenvalue weighted by atomic mass is 10.0. The summed E-state index contributed by atoms with van der Waals surface area (Å²) in [5.74, 6) is 0.120. The second-order valence-electron chi connectivity index (χ2n) is 8.00. The van der Waals surface area contributed by atoms with E-state index < -0.39 is 0 Å². The zero-order chi connectivity index (χ0) is 21.8. The van der Waals surface area contributed by atoms with Crippen molar-refractivity contribution in [1.29, 1.82) is 0 Å². The number of H-pyrrole nitrogens is 1. The summed E-state index contributed by atoms with van der Waals surface area (Å²) in [4.78, 5) is 20.9. The van der Waals surface area contributed by atoms with Crippen molar-refractivity contribution in [3.8, 4) is 11.3 Å². The first-order chi connectivity index (χ1) is 15.0. The number of aromatic amines is 1. The highest BCUT2D eigenvalue weighted by Crippen LogP contribution is 2.32. The van der Waals surface area contributed by atoms with E-state index in [-0.39, 0.29) is 11.9 Å². The second kappa shape index (κ2) is 10.1. The first-order valence-electron chi connectivity index (χ1n) is 10.6. The maximum atomic E-state index is 13.0. The van der Waals surface area contributed by atoms with Crippen molar-refractivity contribution >= 4 is 40.7 Å². The maximum Gasteiger partial charge on any atom is 0.287 e. The Morgan fingerprint density at radius 2 is 1.65 bits per heavy atom. The van der Waals surface area contributed by atoms with E-state index in [0.29, 0.717) is 33.0 Å². The number of amides is 1. The van der Waals surface area contributed by atoms with Gasteiger partial charge in [-0.2, -0.15) is 0 Å². The van der Waals surface area contributed by atoms with Crippen molar-refractivity contribution in [3.05, 3.63) is 74.6 Å². The zero-order valence-corrected chi connectivity index (χ0v) is 19.3. The van der Waals surface area contributed by atoms with E-state index in [1.165, 1.54) is 12.8 Å². The highest BCUT2D eigenvalue weighted by molar-refractivity contribution is 6.36. The van der Waals surface area contributed by atoms with Crippen LogP contribution in [0.25, 0.3) is 11.3 Å². The molecule has 0 radical (unpaired) electrons. The molecular weight excluding hydrogens is 453 g/mol. The Hall–Kier alpha value is -2.01. The molecule has 2 N–H and O–H groups in total. The third-order valence-corrected chi connectivity index (χ3v) is 6.46. The van der Waals surface area contributed by atoms with Gasteiger partial charge in [0.25, 0.3) is 5.91 Å². The number of halogens is 3. The lowest BCUT2D eigenvalue weighted by Crippen LogP contribution is -2.35. The van der Waals surface area contributed by atoms with E-state index >= 15 is 0 Å². The third-order valence-electron chi connectivity index (χ3n) is 5.66. The molecule has 1 fully saturated rings. The van der Waals surface area contributed by atoms with Gasteiger partial charge in [-0.25, -0.2) is 4.98 Å². The molecule has 31 heavy (non-hydrogen) atoms. The number of hydrogen-bond acceptors (Lipinski definition) is 2. The molecule has 0 atom stereocenters. The second-order valence-corrected chi connectivity index (χ2v) is 9.28. The molecule has 162 valence electrons. The summed E-state index contributed by atoms with van der Waals surface area (Å²) in [6.07, 6.45) is 7.36. The third kappa shape index (κ3) is 5.62. The van der Waals surface area contributed by atoms with Crippen molar-refractivity contribution in [2.45, 2.75) is 51.0 Å². The Bertz CT molecular complexity index is 1050. The van der Waals surface area contributed by atoms with Gasteiger partial charge in [0.2, 0.25) is 0 Å². The molecule has 1 aliphatic rings. The number of benzene rings is 2. The van der Waals surface area contributed by atoms with Crippen LogP contribution in [0.3, 0.4) is 0 Å². The van der Waals surface area contributed by atoms with Gasteiger partial charge >= 0.3 is 0 Å². The largest absolute Gasteiger partial charge is 0.347 e. The van der Waals surface area contributed by atoms with Crippen LogP contribution in [0.2, 0.25) is 15.1 Å². The molecule has 1 aliphatic carbocycles. The summed E-state index contributed by atoms with van der Waals surface area (Å²) in [7, 11) is 0. The monoisotopic (exact) mass is 475 g/mol. The Balaban J connectivity index is 1.65. The van der Waals surface area contributed by atoms with Gasteiger partial charge in [0.05, 0.1) is 10.7 Å². The molecule has 2 aromatic carbocycles. The Morgan fingerprint density at radius 1 is 0.968 bits per heavy atom. The number of aromatic nitrogens is 2. The summed E-state index contributed by atoms with van der Waals surface area (Å²) in [6.45, 7) is 0. The highest BCUT2D eigenvalue weighted by atomic mass is 35.5. The molecule has 4 rings (SSSR count). The molecule has 1 amide bonds. The van der Waals surface area contributed by atoms with Gasteiger partial charge in [-0.15, -0.1) is 0 Å². The Labute approximate surface area is 197 Å². The standard InChI is InChI=1S/C24H24Cl3N3O/c25-16-9-7-15(8-10-16)13-21-22(19-12-11-17(26)14-20(19)27)30-23(29-21)24(31)28-18-5-3-1-2-4-6-18/h7-12,14,18H,1-6,13H2,(H,28,31)(H,29,30). The first kappa shape index (κ1) is 22.2. The van der Waals surface area contributed by atoms with E-state index in [9.17, 15) is 4.79 Å². The number of nitrogens with one attached hydrogen (secondary N) is 2. The van der Waals surface area contributed by atoms with Gasteiger partial charge in [-0.05, 0) is 48.7 Å². The molecule has 0 unspecified atom stereocenters. The topological polar surface area (TPSA) is 57.8 Å². The number of carbonyl (C=O) groups is 1. The van der Waals surface area contributed by atoms with Crippen molar-refractivity contribution in [3.63, 3.8) is 0 Å². The van der Waals surface area contributed by atoms with Crippen molar-refractivity contribution in [2.24, 2.45) is 0 Å². The molecule has 0 aliphatic heterocycles. The first-order valence-corrected chi connectivity index (χ1v) is 11.7. The molecule has 0 bridgehead atoms. The van der Waals surface area contributed by atoms with Gasteiger partial charge in [0, 0.05) is 33.8 Å². The lowest BCUT2D eigenvalue weighted by molar-refractivity contribution is 0.0923. The predicted octanol–water partition coefficient (Wildman–Crippen LogP) is 7.08. The molecule has 3 aromatic rings. The quantitative estimate of drug-likeness (QED) is 0.386. The van der Waals surface area contributed by atoms with Crippen molar-refractivity contribution in [2.75, 3.05) is 0 Å². The predicted molar refractivity (Wildman–Crippen MR) is 127 cm³/mol. The van der Waals surface area contributed by atoms with E-state index in [1.807, 2.05) is 30.3 Å². The van der Waals surface area contributed by atoms with Crippen LogP contribution in [0, 0.1) is 0 Å². The fraction of sp³-hybridized carbons (Fsp3) is 0.333. The van der Waals surface area contributed by atoms with Crippen molar-refractivity contribution in [1.82, 2.24) is 15.3 Å². The molecule has 1 heterocycles. The SMILES string of the molecule is O=C(NC1CCCCCC1)c1nc(-c2ccc(Cl)cc2Cl)c(Cc2ccc(Cl)cc2)[nH]1. The number of rotatable bonds is 5. The Kier molecular flexibility index (Phi) is 7.21. The molecule has 1 saturated carbocycles. The minimum Gasteiger partial charge on any atom is -0.347 e. The summed E-state index contributed by atoms with van der Waals surface area (Å²) >= 11 is 18.6. The van der Waals surface area contributed by atoms with E-state index in [2.05, 4.69) is 15.3 Å². The van der Waals surface area contributed by atoms with Gasteiger partial charge in [-0.3, -0.25) is 4.79 Å². The number of carbonyl (C=O) groups excluding carboxylic acids is 1. The van der Waals surface area contributed by atoms with Crippen LogP contribution in [0.15, 0.2) is 42.5 Å². The summed E-state index contributed by atoms with van der Waals surface area (Å²) in [6, 6.07) is 13.1. The molecular formula is C24H24Cl3N3O. The minimum atomic E-state index is -0.180. The number of hydrogen-bond donors (Lipinski definition) is 2. The van der Waals surface area contributed by atoms with Crippen LogP contribution in [0.1, 0.15) is 60.4 Å². The maximum absolute atomic E-state index is 13.0. The van der Waals surface area contributed by atoms with Gasteiger partial charge in [0.1, 0.15) is 0 Å². The number of imidazole rings is 1. The zero-order valence-electron chi connectivity index (χ0n) is 17.1. The number of nitrogens with zero attached hydrogens (tertiary/aromatic N) is 1. The fourth-order valence-electron chi connectivity index (χ4n) is 4.03. The lowest BCUT2D eigenvalue weighted by Gasteiger charge is -2.14. The van der Waals surface area contributed by atoms with Crippen LogP contribution in [0.5, 0.6) is 0 Å². The average Bonchev–Trinajstić information content (AvgIpc) is 2.97. The van der Waals surface area contributed by atoms with Crippen LogP contribution in [-0.2, 0) is 6.42 Å². The van der Waals surface area contributed by atoms with E-state index in [1.54, 1.807) is 12.1 Å². The fourth-order valence-corrected chi connectivity index (χ4v) is 4.66. The highest BCUT2D eigenvalue weighted by Gasteiger charge is 2.22. The average molecular weight is 477 g/mol.